The number of nitrogens with one attached hydrogen (secondary N) is 2. The van der Waals surface area contributed by atoms with Gasteiger partial charge in [0.25, 0.3) is 11.8 Å². The van der Waals surface area contributed by atoms with Crippen LogP contribution in [0.2, 0.25) is 0 Å². The molecule has 2 N–H and O–H groups in total. The molecule has 2 amide bonds. The molecule has 0 radical (unpaired) electrons. The molecule has 1 aliphatic rings. The second-order valence-electron chi connectivity index (χ2n) is 5.46. The van der Waals surface area contributed by atoms with Crippen LogP contribution in [0, 0.1) is 6.92 Å². The van der Waals surface area contributed by atoms with E-state index in [0.29, 0.717) is 17.1 Å². The molecular formula is C18H17N3O4. The van der Waals surface area contributed by atoms with E-state index >= 15 is 0 Å². The van der Waals surface area contributed by atoms with E-state index in [1.807, 2.05) is 13.0 Å². The van der Waals surface area contributed by atoms with E-state index in [1.165, 1.54) is 6.21 Å². The molecule has 0 spiro atoms. The van der Waals surface area contributed by atoms with Crippen LogP contribution in [0.4, 0.5) is 0 Å². The third-order valence-corrected chi connectivity index (χ3v) is 3.49. The summed E-state index contributed by atoms with van der Waals surface area (Å²) in [6, 6.07) is 12.5. The zero-order valence-corrected chi connectivity index (χ0v) is 13.6. The van der Waals surface area contributed by atoms with Crippen LogP contribution in [-0.4, -0.2) is 31.4 Å². The molecule has 0 saturated heterocycles. The summed E-state index contributed by atoms with van der Waals surface area (Å²) >= 11 is 0. The first kappa shape index (κ1) is 16.5. The Hall–Kier alpha value is -3.35. The molecule has 1 heterocycles. The zero-order chi connectivity index (χ0) is 17.6. The minimum absolute atomic E-state index is 0.161. The lowest BCUT2D eigenvalue weighted by atomic mass is 10.1. The van der Waals surface area contributed by atoms with Crippen LogP contribution in [-0.2, 0) is 4.79 Å². The number of aryl methyl sites for hydroxylation is 1. The van der Waals surface area contributed by atoms with Gasteiger partial charge >= 0.3 is 0 Å². The Bertz CT molecular complexity index is 833. The Morgan fingerprint density at radius 1 is 1.16 bits per heavy atom. The van der Waals surface area contributed by atoms with E-state index in [-0.39, 0.29) is 19.2 Å². The van der Waals surface area contributed by atoms with E-state index < -0.39 is 5.91 Å². The molecule has 2 aromatic rings. The fraction of sp³-hybridized carbons (Fsp3) is 0.167. The van der Waals surface area contributed by atoms with Crippen molar-refractivity contribution < 1.29 is 19.1 Å². The highest BCUT2D eigenvalue weighted by Gasteiger charge is 2.12. The first-order valence-electron chi connectivity index (χ1n) is 7.68. The molecule has 0 aromatic heterocycles. The fourth-order valence-electron chi connectivity index (χ4n) is 2.26. The van der Waals surface area contributed by atoms with Crippen molar-refractivity contribution in [3.8, 4) is 11.5 Å². The van der Waals surface area contributed by atoms with Gasteiger partial charge < -0.3 is 14.8 Å². The van der Waals surface area contributed by atoms with Crippen molar-refractivity contribution >= 4 is 18.0 Å². The molecule has 7 heteroatoms. The van der Waals surface area contributed by atoms with Gasteiger partial charge in [-0.25, -0.2) is 5.43 Å². The van der Waals surface area contributed by atoms with Gasteiger partial charge in [-0.05, 0) is 42.8 Å². The van der Waals surface area contributed by atoms with E-state index in [4.69, 9.17) is 9.47 Å². The highest BCUT2D eigenvalue weighted by atomic mass is 16.7. The van der Waals surface area contributed by atoms with Gasteiger partial charge in [0, 0.05) is 5.56 Å². The molecule has 0 atom stereocenters. The van der Waals surface area contributed by atoms with Crippen molar-refractivity contribution in [3.05, 3.63) is 59.2 Å². The molecule has 25 heavy (non-hydrogen) atoms. The predicted octanol–water partition coefficient (Wildman–Crippen LogP) is 1.60. The van der Waals surface area contributed by atoms with Crippen molar-refractivity contribution in [3.63, 3.8) is 0 Å². The summed E-state index contributed by atoms with van der Waals surface area (Å²) in [5, 5.41) is 6.41. The monoisotopic (exact) mass is 339 g/mol. The van der Waals surface area contributed by atoms with Crippen molar-refractivity contribution in [1.29, 1.82) is 0 Å². The number of hydrazone groups is 1. The molecule has 0 fully saturated rings. The quantitative estimate of drug-likeness (QED) is 0.640. The van der Waals surface area contributed by atoms with Crippen molar-refractivity contribution in [1.82, 2.24) is 10.7 Å². The minimum atomic E-state index is -0.419. The first-order valence-corrected chi connectivity index (χ1v) is 7.68. The van der Waals surface area contributed by atoms with Crippen molar-refractivity contribution in [2.24, 2.45) is 5.10 Å². The van der Waals surface area contributed by atoms with Crippen LogP contribution in [0.3, 0.4) is 0 Å². The van der Waals surface area contributed by atoms with Gasteiger partial charge in [0.05, 0.1) is 12.8 Å². The lowest BCUT2D eigenvalue weighted by Gasteiger charge is -2.05. The highest BCUT2D eigenvalue weighted by Crippen LogP contribution is 2.31. The van der Waals surface area contributed by atoms with Gasteiger partial charge in [0.15, 0.2) is 11.5 Å². The molecule has 0 unspecified atom stereocenters. The lowest BCUT2D eigenvalue weighted by molar-refractivity contribution is -0.120. The second kappa shape index (κ2) is 7.48. The van der Waals surface area contributed by atoms with Gasteiger partial charge in [-0.2, -0.15) is 5.10 Å². The first-order chi connectivity index (χ1) is 12.1. The molecule has 7 nitrogen and oxygen atoms in total. The molecule has 1 aliphatic heterocycles. The normalized spacial score (nSPS) is 12.2. The van der Waals surface area contributed by atoms with Crippen LogP contribution in [0.25, 0.3) is 0 Å². The maximum atomic E-state index is 11.9. The number of carbonyl (C=O) groups excluding carboxylic acids is 2. The Morgan fingerprint density at radius 3 is 2.84 bits per heavy atom. The summed E-state index contributed by atoms with van der Waals surface area (Å²) in [5.74, 6) is 0.595. The summed E-state index contributed by atoms with van der Waals surface area (Å²) < 4.78 is 10.5. The summed E-state index contributed by atoms with van der Waals surface area (Å²) in [7, 11) is 0. The summed E-state index contributed by atoms with van der Waals surface area (Å²) in [6.07, 6.45) is 1.49. The van der Waals surface area contributed by atoms with Gasteiger partial charge in [-0.15, -0.1) is 0 Å². The number of rotatable bonds is 5. The summed E-state index contributed by atoms with van der Waals surface area (Å²) in [4.78, 5) is 23.7. The molecular weight excluding hydrogens is 322 g/mol. The fourth-order valence-corrected chi connectivity index (χ4v) is 2.26. The molecule has 128 valence electrons. The Labute approximate surface area is 144 Å². The molecule has 3 rings (SSSR count). The highest BCUT2D eigenvalue weighted by molar-refractivity contribution is 5.96. The summed E-state index contributed by atoms with van der Waals surface area (Å²) in [5.41, 5.74) is 4.61. The van der Waals surface area contributed by atoms with Crippen molar-refractivity contribution in [2.75, 3.05) is 13.3 Å². The predicted molar refractivity (Wildman–Crippen MR) is 91.8 cm³/mol. The average molecular weight is 339 g/mol. The van der Waals surface area contributed by atoms with E-state index in [2.05, 4.69) is 15.8 Å². The number of nitrogens with zero attached hydrogens (tertiary/aromatic N) is 1. The van der Waals surface area contributed by atoms with E-state index in [1.54, 1.807) is 36.4 Å². The van der Waals surface area contributed by atoms with Gasteiger partial charge in [-0.3, -0.25) is 9.59 Å². The third-order valence-electron chi connectivity index (χ3n) is 3.49. The van der Waals surface area contributed by atoms with Crippen LogP contribution in [0.1, 0.15) is 21.5 Å². The number of hydrogen-bond acceptors (Lipinski definition) is 5. The molecule has 0 aliphatic carbocycles. The zero-order valence-electron chi connectivity index (χ0n) is 13.6. The van der Waals surface area contributed by atoms with Gasteiger partial charge in [0.2, 0.25) is 6.79 Å². The molecule has 2 aromatic carbocycles. The SMILES string of the molecule is Cc1cccc(C(=O)NCC(=O)NN=Cc2ccc3c(c2)OCO3)c1. The van der Waals surface area contributed by atoms with Crippen LogP contribution >= 0.6 is 0 Å². The third kappa shape index (κ3) is 4.35. The van der Waals surface area contributed by atoms with E-state index in [0.717, 1.165) is 11.1 Å². The maximum Gasteiger partial charge on any atom is 0.259 e. The average Bonchev–Trinajstić information content (AvgIpc) is 3.07. The maximum absolute atomic E-state index is 11.9. The number of amides is 2. The Morgan fingerprint density at radius 2 is 2.00 bits per heavy atom. The second-order valence-corrected chi connectivity index (χ2v) is 5.46. The minimum Gasteiger partial charge on any atom is -0.454 e. The number of ether oxygens (including phenoxy) is 2. The lowest BCUT2D eigenvalue weighted by Crippen LogP contribution is -2.34. The largest absolute Gasteiger partial charge is 0.454 e. The number of carbonyl (C=O) groups is 2. The smallest absolute Gasteiger partial charge is 0.259 e. The molecule has 0 bridgehead atoms. The van der Waals surface area contributed by atoms with E-state index in [9.17, 15) is 9.59 Å². The Kier molecular flexibility index (Phi) is 4.94. The summed E-state index contributed by atoms with van der Waals surface area (Å²) in [6.45, 7) is 1.94. The van der Waals surface area contributed by atoms with Crippen LogP contribution in [0.15, 0.2) is 47.6 Å². The van der Waals surface area contributed by atoms with Crippen LogP contribution < -0.4 is 20.2 Å². The van der Waals surface area contributed by atoms with Gasteiger partial charge in [0.1, 0.15) is 0 Å². The topological polar surface area (TPSA) is 89.0 Å². The number of hydrogen-bond donors (Lipinski definition) is 2. The number of benzene rings is 2. The standard InChI is InChI=1S/C18H17N3O4/c1-12-3-2-4-14(7-12)18(23)19-10-17(22)21-20-9-13-5-6-15-16(8-13)25-11-24-15/h2-9H,10-11H2,1H3,(H,19,23)(H,21,22). The van der Waals surface area contributed by atoms with Crippen LogP contribution in [0.5, 0.6) is 11.5 Å². The number of fused-ring (bicyclic) bond motifs is 1. The van der Waals surface area contributed by atoms with Gasteiger partial charge in [-0.1, -0.05) is 17.7 Å². The molecule has 0 saturated carbocycles. The Balaban J connectivity index is 1.47. The van der Waals surface area contributed by atoms with Crippen molar-refractivity contribution in [2.45, 2.75) is 6.92 Å².